The molecule has 1 aromatic carbocycles. The lowest BCUT2D eigenvalue weighted by atomic mass is 10.1. The molecule has 0 fully saturated rings. The summed E-state index contributed by atoms with van der Waals surface area (Å²) >= 11 is 3.21. The third-order valence-electron chi connectivity index (χ3n) is 2.45. The van der Waals surface area contributed by atoms with E-state index in [2.05, 4.69) is 26.2 Å². The molecular formula is C12H9BrN2O4. The van der Waals surface area contributed by atoms with Crippen LogP contribution in [-0.4, -0.2) is 33.6 Å². The van der Waals surface area contributed by atoms with E-state index in [9.17, 15) is 14.7 Å². The number of hydrogen-bond acceptors (Lipinski definition) is 4. The Morgan fingerprint density at radius 2 is 1.89 bits per heavy atom. The van der Waals surface area contributed by atoms with Crippen molar-refractivity contribution in [3.8, 4) is 5.75 Å². The van der Waals surface area contributed by atoms with Crippen molar-refractivity contribution in [1.82, 2.24) is 10.3 Å². The van der Waals surface area contributed by atoms with Gasteiger partial charge in [-0.15, -0.1) is 0 Å². The molecule has 0 aliphatic rings. The van der Waals surface area contributed by atoms with Gasteiger partial charge in [0.05, 0.1) is 0 Å². The lowest BCUT2D eigenvalue weighted by Gasteiger charge is -2.08. The molecule has 2 aromatic rings. The van der Waals surface area contributed by atoms with E-state index in [0.717, 1.165) is 0 Å². The van der Waals surface area contributed by atoms with E-state index < -0.39 is 18.4 Å². The van der Waals surface area contributed by atoms with Crippen LogP contribution >= 0.6 is 15.9 Å². The van der Waals surface area contributed by atoms with Crippen molar-refractivity contribution in [3.05, 3.63) is 34.6 Å². The Hall–Kier alpha value is -2.15. The number of carboxylic acid groups (broad SMARTS) is 1. The molecule has 0 radical (unpaired) electrons. The van der Waals surface area contributed by atoms with Crippen molar-refractivity contribution in [2.24, 2.45) is 0 Å². The average Bonchev–Trinajstić information content (AvgIpc) is 2.40. The molecule has 98 valence electrons. The van der Waals surface area contributed by atoms with Gasteiger partial charge in [-0.25, -0.2) is 4.98 Å². The highest BCUT2D eigenvalue weighted by atomic mass is 79.9. The van der Waals surface area contributed by atoms with Crippen LogP contribution in [0, 0.1) is 0 Å². The average molecular weight is 325 g/mol. The van der Waals surface area contributed by atoms with Crippen LogP contribution in [0.5, 0.6) is 5.75 Å². The van der Waals surface area contributed by atoms with E-state index >= 15 is 0 Å². The van der Waals surface area contributed by atoms with Gasteiger partial charge >= 0.3 is 5.97 Å². The Balaban J connectivity index is 2.47. The molecule has 2 rings (SSSR count). The van der Waals surface area contributed by atoms with Gasteiger partial charge in [0.1, 0.15) is 11.1 Å². The van der Waals surface area contributed by atoms with E-state index in [1.54, 1.807) is 24.3 Å². The van der Waals surface area contributed by atoms with Crippen LogP contribution in [-0.2, 0) is 4.79 Å². The van der Waals surface area contributed by atoms with Gasteiger partial charge in [-0.05, 0) is 15.9 Å². The molecule has 1 heterocycles. The summed E-state index contributed by atoms with van der Waals surface area (Å²) in [6.07, 6.45) is 0. The van der Waals surface area contributed by atoms with Crippen LogP contribution in [0.2, 0.25) is 0 Å². The highest BCUT2D eigenvalue weighted by molar-refractivity contribution is 9.10. The number of carbonyl (C=O) groups is 2. The Morgan fingerprint density at radius 3 is 2.53 bits per heavy atom. The molecule has 1 amide bonds. The topological polar surface area (TPSA) is 99.5 Å². The summed E-state index contributed by atoms with van der Waals surface area (Å²) in [5.41, 5.74) is -0.216. The molecule has 0 saturated carbocycles. The number of amides is 1. The number of benzene rings is 1. The quantitative estimate of drug-likeness (QED) is 0.743. The third-order valence-corrected chi connectivity index (χ3v) is 3.06. The van der Waals surface area contributed by atoms with E-state index in [4.69, 9.17) is 5.11 Å². The second-order valence-corrected chi connectivity index (χ2v) is 4.47. The Bertz CT molecular complexity index is 672. The standard InChI is InChI=1S/C12H9BrN2O4/c13-11-7-4-2-1-3-6(7)10(18)9(15-11)12(19)14-5-8(16)17/h1-4,18H,5H2,(H,14,19)(H,16,17). The fourth-order valence-electron chi connectivity index (χ4n) is 1.61. The van der Waals surface area contributed by atoms with E-state index in [1.165, 1.54) is 0 Å². The van der Waals surface area contributed by atoms with E-state index in [1.807, 2.05) is 0 Å². The largest absolute Gasteiger partial charge is 0.505 e. The number of aliphatic carboxylic acids is 1. The first-order valence-electron chi connectivity index (χ1n) is 5.28. The summed E-state index contributed by atoms with van der Waals surface area (Å²) < 4.78 is 0.404. The van der Waals surface area contributed by atoms with Gasteiger partial charge in [-0.2, -0.15) is 0 Å². The molecule has 6 nitrogen and oxygen atoms in total. The van der Waals surface area contributed by atoms with E-state index in [-0.39, 0.29) is 11.4 Å². The maximum atomic E-state index is 11.7. The number of hydrogen-bond donors (Lipinski definition) is 3. The smallest absolute Gasteiger partial charge is 0.322 e. The molecule has 19 heavy (non-hydrogen) atoms. The monoisotopic (exact) mass is 324 g/mol. The Labute approximate surface area is 116 Å². The molecule has 3 N–H and O–H groups in total. The fourth-order valence-corrected chi connectivity index (χ4v) is 2.13. The summed E-state index contributed by atoms with van der Waals surface area (Å²) in [6.45, 7) is -0.537. The van der Waals surface area contributed by atoms with E-state index in [0.29, 0.717) is 15.4 Å². The zero-order chi connectivity index (χ0) is 14.0. The predicted octanol–water partition coefficient (Wildman–Crippen LogP) is 1.52. The fraction of sp³-hybridized carbons (Fsp3) is 0.0833. The molecule has 0 atom stereocenters. The number of aromatic nitrogens is 1. The van der Waals surface area contributed by atoms with Gasteiger partial charge in [0.2, 0.25) is 0 Å². The SMILES string of the molecule is O=C(O)CNC(=O)c1nc(Br)c2ccccc2c1O. The third kappa shape index (κ3) is 2.65. The minimum Gasteiger partial charge on any atom is -0.505 e. The number of carboxylic acids is 1. The number of rotatable bonds is 3. The van der Waals surface area contributed by atoms with Crippen molar-refractivity contribution in [3.63, 3.8) is 0 Å². The molecule has 0 saturated heterocycles. The molecule has 0 aliphatic carbocycles. The number of pyridine rings is 1. The summed E-state index contributed by atoms with van der Waals surface area (Å²) in [7, 11) is 0. The summed E-state index contributed by atoms with van der Waals surface area (Å²) in [5, 5.41) is 21.8. The predicted molar refractivity (Wildman–Crippen MR) is 71.1 cm³/mol. The molecule has 0 aliphatic heterocycles. The first-order chi connectivity index (χ1) is 9.00. The normalized spacial score (nSPS) is 10.4. The van der Waals surface area contributed by atoms with Crippen LogP contribution < -0.4 is 5.32 Å². The zero-order valence-electron chi connectivity index (χ0n) is 9.55. The number of halogens is 1. The highest BCUT2D eigenvalue weighted by Gasteiger charge is 2.18. The number of nitrogens with zero attached hydrogens (tertiary/aromatic N) is 1. The van der Waals surface area contributed by atoms with Crippen molar-refractivity contribution >= 4 is 38.6 Å². The first kappa shape index (κ1) is 13.3. The van der Waals surface area contributed by atoms with Crippen molar-refractivity contribution in [2.45, 2.75) is 0 Å². The molecule has 1 aromatic heterocycles. The second-order valence-electron chi connectivity index (χ2n) is 3.72. The number of fused-ring (bicyclic) bond motifs is 1. The zero-order valence-corrected chi connectivity index (χ0v) is 11.1. The van der Waals surface area contributed by atoms with Crippen LogP contribution in [0.3, 0.4) is 0 Å². The van der Waals surface area contributed by atoms with Crippen LogP contribution in [0.4, 0.5) is 0 Å². The summed E-state index contributed by atoms with van der Waals surface area (Å²) in [5.74, 6) is -2.19. The minimum absolute atomic E-state index is 0.216. The molecular weight excluding hydrogens is 316 g/mol. The highest BCUT2D eigenvalue weighted by Crippen LogP contribution is 2.31. The van der Waals surface area contributed by atoms with Gasteiger partial charge in [0, 0.05) is 10.8 Å². The lowest BCUT2D eigenvalue weighted by Crippen LogP contribution is -2.30. The van der Waals surface area contributed by atoms with Crippen LogP contribution in [0.25, 0.3) is 10.8 Å². The maximum absolute atomic E-state index is 11.7. The number of aromatic hydroxyl groups is 1. The summed E-state index contributed by atoms with van der Waals surface area (Å²) in [4.78, 5) is 26.1. The van der Waals surface area contributed by atoms with Gasteiger partial charge < -0.3 is 15.5 Å². The first-order valence-corrected chi connectivity index (χ1v) is 6.07. The van der Waals surface area contributed by atoms with Gasteiger partial charge in [0.15, 0.2) is 11.4 Å². The van der Waals surface area contributed by atoms with Crippen LogP contribution in [0.1, 0.15) is 10.5 Å². The van der Waals surface area contributed by atoms with Crippen molar-refractivity contribution in [1.29, 1.82) is 0 Å². The molecule has 0 unspecified atom stereocenters. The van der Waals surface area contributed by atoms with Crippen molar-refractivity contribution < 1.29 is 19.8 Å². The lowest BCUT2D eigenvalue weighted by molar-refractivity contribution is -0.135. The maximum Gasteiger partial charge on any atom is 0.322 e. The minimum atomic E-state index is -1.17. The number of nitrogens with one attached hydrogen (secondary N) is 1. The number of carbonyl (C=O) groups excluding carboxylic acids is 1. The van der Waals surface area contributed by atoms with Gasteiger partial charge in [0.25, 0.3) is 5.91 Å². The molecule has 0 bridgehead atoms. The Morgan fingerprint density at radius 1 is 1.26 bits per heavy atom. The second kappa shape index (κ2) is 5.23. The van der Waals surface area contributed by atoms with Crippen molar-refractivity contribution in [2.75, 3.05) is 6.54 Å². The summed E-state index contributed by atoms with van der Waals surface area (Å²) in [6, 6.07) is 6.88. The van der Waals surface area contributed by atoms with Gasteiger partial charge in [-0.3, -0.25) is 9.59 Å². The van der Waals surface area contributed by atoms with Crippen LogP contribution in [0.15, 0.2) is 28.9 Å². The molecule has 7 heteroatoms. The Kier molecular flexibility index (Phi) is 3.66. The molecule has 0 spiro atoms. The van der Waals surface area contributed by atoms with Gasteiger partial charge in [-0.1, -0.05) is 24.3 Å².